The van der Waals surface area contributed by atoms with Gasteiger partial charge in [-0.25, -0.2) is 9.67 Å². The van der Waals surface area contributed by atoms with Gasteiger partial charge in [0.2, 0.25) is 0 Å². The van der Waals surface area contributed by atoms with E-state index in [1.807, 2.05) is 28.9 Å². The van der Waals surface area contributed by atoms with E-state index in [0.29, 0.717) is 0 Å². The Hall–Kier alpha value is -1.88. The van der Waals surface area contributed by atoms with Gasteiger partial charge in [0.25, 0.3) is 0 Å². The normalized spacial score (nSPS) is 18.6. The summed E-state index contributed by atoms with van der Waals surface area (Å²) in [6.07, 6.45) is 2.14. The molecule has 0 amide bonds. The van der Waals surface area contributed by atoms with Gasteiger partial charge in [0.1, 0.15) is 6.10 Å². The Morgan fingerprint density at radius 3 is 3.11 bits per heavy atom. The SMILES string of the molecule is COC1CCCn2nc(-c3cccc(N)c3)nc21. The molecule has 1 atom stereocenters. The molecule has 0 radical (unpaired) electrons. The van der Waals surface area contributed by atoms with Gasteiger partial charge in [-0.3, -0.25) is 0 Å². The van der Waals surface area contributed by atoms with Crippen molar-refractivity contribution in [1.82, 2.24) is 14.8 Å². The number of nitrogen functional groups attached to an aromatic ring is 1. The van der Waals surface area contributed by atoms with Crippen LogP contribution in [0.5, 0.6) is 0 Å². The molecule has 0 saturated carbocycles. The number of hydrogen-bond acceptors (Lipinski definition) is 4. The van der Waals surface area contributed by atoms with E-state index in [1.54, 1.807) is 7.11 Å². The largest absolute Gasteiger partial charge is 0.399 e. The molecular formula is C13H16N4O. The number of aryl methyl sites for hydroxylation is 1. The zero-order valence-corrected chi connectivity index (χ0v) is 10.3. The number of hydrogen-bond donors (Lipinski definition) is 1. The molecule has 5 heteroatoms. The van der Waals surface area contributed by atoms with Crippen molar-refractivity contribution in [1.29, 1.82) is 0 Å². The van der Waals surface area contributed by atoms with E-state index in [9.17, 15) is 0 Å². The highest BCUT2D eigenvalue weighted by atomic mass is 16.5. The Labute approximate surface area is 106 Å². The maximum Gasteiger partial charge on any atom is 0.181 e. The predicted molar refractivity (Wildman–Crippen MR) is 68.9 cm³/mol. The summed E-state index contributed by atoms with van der Waals surface area (Å²) in [7, 11) is 1.72. The van der Waals surface area contributed by atoms with Crippen molar-refractivity contribution in [3.05, 3.63) is 30.1 Å². The Bertz CT molecular complexity index is 564. The van der Waals surface area contributed by atoms with Crippen LogP contribution < -0.4 is 5.73 Å². The molecule has 94 valence electrons. The highest BCUT2D eigenvalue weighted by Gasteiger charge is 2.24. The molecule has 2 heterocycles. The molecule has 2 aromatic rings. The lowest BCUT2D eigenvalue weighted by Crippen LogP contribution is -2.18. The number of benzene rings is 1. The van der Waals surface area contributed by atoms with E-state index >= 15 is 0 Å². The van der Waals surface area contributed by atoms with Gasteiger partial charge in [-0.05, 0) is 25.0 Å². The minimum Gasteiger partial charge on any atom is -0.399 e. The molecule has 0 saturated heterocycles. The zero-order chi connectivity index (χ0) is 12.5. The van der Waals surface area contributed by atoms with Crippen molar-refractivity contribution in [2.45, 2.75) is 25.5 Å². The second-order valence-corrected chi connectivity index (χ2v) is 4.51. The summed E-state index contributed by atoms with van der Waals surface area (Å²) in [5.41, 5.74) is 7.46. The quantitative estimate of drug-likeness (QED) is 0.821. The Morgan fingerprint density at radius 2 is 2.33 bits per heavy atom. The molecule has 2 N–H and O–H groups in total. The van der Waals surface area contributed by atoms with Crippen molar-refractivity contribution in [3.63, 3.8) is 0 Å². The van der Waals surface area contributed by atoms with Crippen LogP contribution >= 0.6 is 0 Å². The number of aromatic nitrogens is 3. The monoisotopic (exact) mass is 244 g/mol. The third-order valence-corrected chi connectivity index (χ3v) is 3.25. The Kier molecular flexibility index (Phi) is 2.76. The molecule has 3 rings (SSSR count). The molecule has 18 heavy (non-hydrogen) atoms. The zero-order valence-electron chi connectivity index (χ0n) is 10.3. The number of nitrogens with zero attached hydrogens (tertiary/aromatic N) is 3. The number of methoxy groups -OCH3 is 1. The Balaban J connectivity index is 2.02. The number of ether oxygens (including phenoxy) is 1. The molecule has 1 aromatic heterocycles. The smallest absolute Gasteiger partial charge is 0.181 e. The molecule has 1 aliphatic heterocycles. The lowest BCUT2D eigenvalue weighted by atomic mass is 10.1. The average molecular weight is 244 g/mol. The summed E-state index contributed by atoms with van der Waals surface area (Å²) in [6.45, 7) is 0.907. The van der Waals surface area contributed by atoms with Gasteiger partial charge >= 0.3 is 0 Å². The number of anilines is 1. The van der Waals surface area contributed by atoms with Crippen molar-refractivity contribution >= 4 is 5.69 Å². The van der Waals surface area contributed by atoms with Crippen LogP contribution in [0.2, 0.25) is 0 Å². The molecule has 0 bridgehead atoms. The summed E-state index contributed by atoms with van der Waals surface area (Å²) in [5.74, 6) is 1.64. The lowest BCUT2D eigenvalue weighted by molar-refractivity contribution is 0.0697. The van der Waals surface area contributed by atoms with E-state index in [-0.39, 0.29) is 6.10 Å². The molecule has 1 aromatic carbocycles. The standard InChI is InChI=1S/C13H16N4O/c1-18-11-6-3-7-17-13(11)15-12(16-17)9-4-2-5-10(14)8-9/h2,4-5,8,11H,3,6-7,14H2,1H3. The van der Waals surface area contributed by atoms with Gasteiger partial charge in [-0.2, -0.15) is 5.10 Å². The third-order valence-electron chi connectivity index (χ3n) is 3.25. The minimum atomic E-state index is 0.0565. The fourth-order valence-electron chi connectivity index (χ4n) is 2.34. The summed E-state index contributed by atoms with van der Waals surface area (Å²) < 4.78 is 7.38. The van der Waals surface area contributed by atoms with Gasteiger partial charge in [-0.1, -0.05) is 12.1 Å². The molecule has 1 unspecified atom stereocenters. The predicted octanol–water partition coefficient (Wildman–Crippen LogP) is 2.01. The van der Waals surface area contributed by atoms with Crippen molar-refractivity contribution < 1.29 is 4.74 Å². The second kappa shape index (κ2) is 4.42. The molecule has 1 aliphatic rings. The molecule has 0 spiro atoms. The van der Waals surface area contributed by atoms with Gasteiger partial charge in [0.15, 0.2) is 11.6 Å². The first kappa shape index (κ1) is 11.2. The fraction of sp³-hybridized carbons (Fsp3) is 0.385. The van der Waals surface area contributed by atoms with E-state index in [4.69, 9.17) is 10.5 Å². The minimum absolute atomic E-state index is 0.0565. The first-order valence-corrected chi connectivity index (χ1v) is 6.11. The van der Waals surface area contributed by atoms with E-state index in [2.05, 4.69) is 10.1 Å². The molecular weight excluding hydrogens is 228 g/mol. The van der Waals surface area contributed by atoms with Crippen molar-refractivity contribution in [2.75, 3.05) is 12.8 Å². The first-order chi connectivity index (χ1) is 8.78. The fourth-order valence-corrected chi connectivity index (χ4v) is 2.34. The van der Waals surface area contributed by atoms with E-state index < -0.39 is 0 Å². The maximum atomic E-state index is 5.78. The number of rotatable bonds is 2. The third kappa shape index (κ3) is 1.86. The summed E-state index contributed by atoms with van der Waals surface area (Å²) >= 11 is 0. The van der Waals surface area contributed by atoms with Gasteiger partial charge in [0.05, 0.1) is 0 Å². The van der Waals surface area contributed by atoms with Gasteiger partial charge in [0, 0.05) is 24.9 Å². The van der Waals surface area contributed by atoms with Crippen LogP contribution in [-0.4, -0.2) is 21.9 Å². The maximum absolute atomic E-state index is 5.78. The average Bonchev–Trinajstić information content (AvgIpc) is 2.82. The van der Waals surface area contributed by atoms with E-state index in [0.717, 1.165) is 42.3 Å². The Morgan fingerprint density at radius 1 is 1.44 bits per heavy atom. The van der Waals surface area contributed by atoms with Crippen LogP contribution in [-0.2, 0) is 11.3 Å². The summed E-state index contributed by atoms with van der Waals surface area (Å²) in [6, 6.07) is 7.64. The highest BCUT2D eigenvalue weighted by Crippen LogP contribution is 2.28. The molecule has 0 fully saturated rings. The van der Waals surface area contributed by atoms with Crippen molar-refractivity contribution in [2.24, 2.45) is 0 Å². The van der Waals surface area contributed by atoms with Gasteiger partial charge < -0.3 is 10.5 Å². The van der Waals surface area contributed by atoms with Crippen LogP contribution in [0, 0.1) is 0 Å². The summed E-state index contributed by atoms with van der Waals surface area (Å²) in [4.78, 5) is 4.59. The van der Waals surface area contributed by atoms with Crippen LogP contribution in [0.25, 0.3) is 11.4 Å². The highest BCUT2D eigenvalue weighted by molar-refractivity contribution is 5.60. The summed E-state index contributed by atoms with van der Waals surface area (Å²) in [5, 5.41) is 4.53. The first-order valence-electron chi connectivity index (χ1n) is 6.11. The topological polar surface area (TPSA) is 66.0 Å². The van der Waals surface area contributed by atoms with Crippen LogP contribution in [0.3, 0.4) is 0 Å². The van der Waals surface area contributed by atoms with Crippen LogP contribution in [0.1, 0.15) is 24.8 Å². The number of fused-ring (bicyclic) bond motifs is 1. The molecule has 5 nitrogen and oxygen atoms in total. The number of nitrogens with two attached hydrogens (primary N) is 1. The van der Waals surface area contributed by atoms with E-state index in [1.165, 1.54) is 0 Å². The molecule has 0 aliphatic carbocycles. The second-order valence-electron chi connectivity index (χ2n) is 4.51. The van der Waals surface area contributed by atoms with Gasteiger partial charge in [-0.15, -0.1) is 0 Å². The van der Waals surface area contributed by atoms with Crippen molar-refractivity contribution in [3.8, 4) is 11.4 Å². The lowest BCUT2D eigenvalue weighted by Gasteiger charge is -2.20. The van der Waals surface area contributed by atoms with Crippen LogP contribution in [0.15, 0.2) is 24.3 Å². The van der Waals surface area contributed by atoms with Crippen LogP contribution in [0.4, 0.5) is 5.69 Å².